The van der Waals surface area contributed by atoms with Crippen molar-refractivity contribution in [1.29, 1.82) is 0 Å². The van der Waals surface area contributed by atoms with E-state index in [0.29, 0.717) is 11.3 Å². The summed E-state index contributed by atoms with van der Waals surface area (Å²) in [4.78, 5) is 10.2. The van der Waals surface area contributed by atoms with Crippen LogP contribution in [0.25, 0.3) is 0 Å². The molecule has 0 bridgehead atoms. The molecule has 0 amide bonds. The number of methoxy groups -OCH3 is 1. The summed E-state index contributed by atoms with van der Waals surface area (Å²) in [5.41, 5.74) is 0.343. The highest BCUT2D eigenvalue weighted by molar-refractivity contribution is 5.52. The van der Waals surface area contributed by atoms with E-state index in [0.717, 1.165) is 5.06 Å². The number of benzene rings is 2. The molecular weight excluding hydrogens is 296 g/mol. The van der Waals surface area contributed by atoms with Crippen molar-refractivity contribution in [3.05, 3.63) is 76.4 Å². The third kappa shape index (κ3) is 3.67. The third-order valence-corrected chi connectivity index (χ3v) is 3.33. The topological polar surface area (TPSA) is 75.8 Å². The molecule has 6 nitrogen and oxygen atoms in total. The lowest BCUT2D eigenvalue weighted by Crippen LogP contribution is -2.25. The molecule has 1 N–H and O–H groups in total. The van der Waals surface area contributed by atoms with Gasteiger partial charge in [-0.1, -0.05) is 24.3 Å². The molecule has 1 atom stereocenters. The van der Waals surface area contributed by atoms with Gasteiger partial charge in [-0.3, -0.25) is 15.3 Å². The van der Waals surface area contributed by atoms with Gasteiger partial charge in [0.2, 0.25) is 0 Å². The van der Waals surface area contributed by atoms with Crippen LogP contribution in [0.15, 0.2) is 60.7 Å². The van der Waals surface area contributed by atoms with Gasteiger partial charge in [0.25, 0.3) is 5.69 Å². The van der Waals surface area contributed by atoms with Gasteiger partial charge in [-0.2, -0.15) is 0 Å². The zero-order valence-corrected chi connectivity index (χ0v) is 12.5. The molecule has 1 unspecified atom stereocenters. The summed E-state index contributed by atoms with van der Waals surface area (Å²) in [5, 5.41) is 22.1. The van der Waals surface area contributed by atoms with Crippen LogP contribution in [0.3, 0.4) is 0 Å². The van der Waals surface area contributed by atoms with Crippen LogP contribution in [0.4, 0.5) is 11.4 Å². The van der Waals surface area contributed by atoms with Crippen molar-refractivity contribution in [3.8, 4) is 5.75 Å². The van der Waals surface area contributed by atoms with Crippen molar-refractivity contribution in [2.45, 2.75) is 12.9 Å². The highest BCUT2D eigenvalue weighted by atomic mass is 16.6. The normalized spacial score (nSPS) is 14.1. The van der Waals surface area contributed by atoms with E-state index in [1.54, 1.807) is 24.3 Å². The van der Waals surface area contributed by atoms with Crippen molar-refractivity contribution < 1.29 is 19.0 Å². The Kier molecular flexibility index (Phi) is 3.82. The Morgan fingerprint density at radius 2 is 1.91 bits per heavy atom. The Bertz CT molecular complexity index is 789. The van der Waals surface area contributed by atoms with E-state index in [1.807, 2.05) is 0 Å². The Hall–Kier alpha value is -2.86. The Morgan fingerprint density at radius 1 is 1.30 bits per heavy atom. The molecule has 2 aromatic carbocycles. The molecule has 0 saturated heterocycles. The van der Waals surface area contributed by atoms with Crippen molar-refractivity contribution in [2.24, 2.45) is 0 Å². The first-order chi connectivity index (χ1) is 12.1. The number of non-ortho nitro benzene ring substituents is 1. The minimum absolute atomic E-state index is 0.141. The lowest BCUT2D eigenvalue weighted by atomic mass is 10.00. The average molecular weight is 317 g/mol. The van der Waals surface area contributed by atoms with Crippen LogP contribution < -0.4 is 9.80 Å². The fraction of sp³-hybridized carbons (Fsp3) is 0.176. The maximum atomic E-state index is 10.8. The van der Waals surface area contributed by atoms with Crippen LogP contribution in [0.5, 0.6) is 5.75 Å². The molecule has 6 heteroatoms. The van der Waals surface area contributed by atoms with E-state index < -0.39 is 17.8 Å². The molecular formula is C17H18N2O4. The number of anilines is 1. The standard InChI is InChI=1S/C17H18N2O4/c1-12(2)17(13-4-10-16(23-3)11-5-13)18(20)14-6-8-15(9-7-14)19(21)22/h4-11,17,20H,1H2,2-3H3/i2D3. The van der Waals surface area contributed by atoms with Crippen molar-refractivity contribution in [3.63, 3.8) is 0 Å². The van der Waals surface area contributed by atoms with Gasteiger partial charge >= 0.3 is 0 Å². The summed E-state index contributed by atoms with van der Waals surface area (Å²) in [7, 11) is 1.50. The zero-order chi connectivity index (χ0) is 19.5. The van der Waals surface area contributed by atoms with E-state index in [2.05, 4.69) is 6.58 Å². The van der Waals surface area contributed by atoms with Crippen LogP contribution >= 0.6 is 0 Å². The SMILES string of the molecule is [2H]C([2H])([2H])C(=C)C(c1ccc(OC)cc1)N(O)c1ccc([N+](=O)[O-])cc1. The summed E-state index contributed by atoms with van der Waals surface area (Å²) in [6.07, 6.45) is 0. The first kappa shape index (κ1) is 12.7. The van der Waals surface area contributed by atoms with E-state index in [9.17, 15) is 15.3 Å². The molecule has 0 aliphatic carbocycles. The zero-order valence-electron chi connectivity index (χ0n) is 15.5. The first-order valence-corrected chi connectivity index (χ1v) is 6.71. The van der Waals surface area contributed by atoms with Crippen molar-refractivity contribution in [1.82, 2.24) is 0 Å². The van der Waals surface area contributed by atoms with Gasteiger partial charge in [0.05, 0.1) is 17.7 Å². The Balaban J connectivity index is 2.44. The highest BCUT2D eigenvalue weighted by Gasteiger charge is 2.21. The van der Waals surface area contributed by atoms with Gasteiger partial charge in [-0.05, 0) is 36.7 Å². The van der Waals surface area contributed by atoms with Crippen molar-refractivity contribution in [2.75, 3.05) is 12.2 Å². The van der Waals surface area contributed by atoms with Gasteiger partial charge in [0.1, 0.15) is 11.8 Å². The number of rotatable bonds is 6. The summed E-state index contributed by atoms with van der Waals surface area (Å²) in [5.74, 6) is 0.576. The van der Waals surface area contributed by atoms with Gasteiger partial charge in [0, 0.05) is 16.2 Å². The third-order valence-electron chi connectivity index (χ3n) is 3.33. The molecule has 2 rings (SSSR count). The fourth-order valence-electron chi connectivity index (χ4n) is 2.15. The number of nitro groups is 1. The molecule has 0 aliphatic heterocycles. The molecule has 23 heavy (non-hydrogen) atoms. The predicted molar refractivity (Wildman–Crippen MR) is 87.9 cm³/mol. The number of hydroxylamine groups is 1. The van der Waals surface area contributed by atoms with Gasteiger partial charge in [-0.15, -0.1) is 0 Å². The summed E-state index contributed by atoms with van der Waals surface area (Å²) in [6, 6.07) is 10.6. The monoisotopic (exact) mass is 317 g/mol. The lowest BCUT2D eigenvalue weighted by molar-refractivity contribution is -0.384. The summed E-state index contributed by atoms with van der Waals surface area (Å²) >= 11 is 0. The highest BCUT2D eigenvalue weighted by Crippen LogP contribution is 2.32. The average Bonchev–Trinajstić information content (AvgIpc) is 2.61. The number of hydrogen-bond donors (Lipinski definition) is 1. The predicted octanol–water partition coefficient (Wildman–Crippen LogP) is 4.12. The van der Waals surface area contributed by atoms with Crippen LogP contribution in [0.2, 0.25) is 0 Å². The molecule has 0 spiro atoms. The molecule has 0 radical (unpaired) electrons. The number of hydrogen-bond acceptors (Lipinski definition) is 5. The Labute approximate surface area is 138 Å². The van der Waals surface area contributed by atoms with Crippen LogP contribution in [-0.2, 0) is 0 Å². The largest absolute Gasteiger partial charge is 0.497 e. The van der Waals surface area contributed by atoms with Gasteiger partial charge in [-0.25, -0.2) is 5.06 Å². The first-order valence-electron chi connectivity index (χ1n) is 8.21. The van der Waals surface area contributed by atoms with E-state index in [-0.39, 0.29) is 16.9 Å². The smallest absolute Gasteiger partial charge is 0.269 e. The van der Waals surface area contributed by atoms with E-state index in [4.69, 9.17) is 8.85 Å². The number of ether oxygens (including phenoxy) is 1. The molecule has 0 heterocycles. The molecule has 2 aromatic rings. The quantitative estimate of drug-likeness (QED) is 0.493. The van der Waals surface area contributed by atoms with Gasteiger partial charge < -0.3 is 4.74 Å². The second-order valence-corrected chi connectivity index (χ2v) is 4.82. The second kappa shape index (κ2) is 6.93. The second-order valence-electron chi connectivity index (χ2n) is 4.82. The maximum Gasteiger partial charge on any atom is 0.269 e. The molecule has 0 fully saturated rings. The van der Waals surface area contributed by atoms with Crippen LogP contribution in [-0.4, -0.2) is 17.2 Å². The maximum absolute atomic E-state index is 10.8. The molecule has 0 aromatic heterocycles. The van der Waals surface area contributed by atoms with E-state index >= 15 is 0 Å². The molecule has 0 saturated carbocycles. The Morgan fingerprint density at radius 3 is 2.39 bits per heavy atom. The minimum Gasteiger partial charge on any atom is -0.497 e. The van der Waals surface area contributed by atoms with Gasteiger partial charge in [0.15, 0.2) is 0 Å². The van der Waals surface area contributed by atoms with E-state index in [1.165, 1.54) is 31.4 Å². The summed E-state index contributed by atoms with van der Waals surface area (Å²) in [6.45, 7) is 1.13. The van der Waals surface area contributed by atoms with Crippen molar-refractivity contribution >= 4 is 11.4 Å². The fourth-order valence-corrected chi connectivity index (χ4v) is 2.15. The molecule has 120 valence electrons. The lowest BCUT2D eigenvalue weighted by Gasteiger charge is -2.28. The summed E-state index contributed by atoms with van der Waals surface area (Å²) < 4.78 is 28.0. The van der Waals surface area contributed by atoms with Crippen LogP contribution in [0.1, 0.15) is 22.6 Å². The number of nitro benzene ring substituents is 1. The minimum atomic E-state index is -2.51. The van der Waals surface area contributed by atoms with Crippen LogP contribution in [0, 0.1) is 10.1 Å². The molecule has 0 aliphatic rings. The number of nitrogens with zero attached hydrogens (tertiary/aromatic N) is 2.